The Hall–Kier alpha value is -1.88. The zero-order chi connectivity index (χ0) is 39.8. The third-order valence-electron chi connectivity index (χ3n) is 12.0. The fourth-order valence-electron chi connectivity index (χ4n) is 8.68. The van der Waals surface area contributed by atoms with Crippen LogP contribution >= 0.6 is 0 Å². The number of hydrogen-bond donors (Lipinski definition) is 2. The summed E-state index contributed by atoms with van der Waals surface area (Å²) in [4.78, 5) is 27.2. The molecular formula is C49H89NO4. The third-order valence-corrected chi connectivity index (χ3v) is 12.0. The second-order valence-corrected chi connectivity index (χ2v) is 17.6. The summed E-state index contributed by atoms with van der Waals surface area (Å²) in [6.07, 6.45) is 35.4. The van der Waals surface area contributed by atoms with Crippen molar-refractivity contribution in [3.05, 3.63) is 34.9 Å². The van der Waals surface area contributed by atoms with Gasteiger partial charge in [-0.1, -0.05) is 213 Å². The number of unbranched alkanes of at least 4 members (excludes halogenated alkanes) is 14. The van der Waals surface area contributed by atoms with Crippen molar-refractivity contribution in [2.45, 2.75) is 227 Å². The number of benzene rings is 1. The minimum Gasteiger partial charge on any atom is -0.481 e. The van der Waals surface area contributed by atoms with Crippen LogP contribution in [-0.2, 0) is 29.0 Å². The van der Waals surface area contributed by atoms with Gasteiger partial charge in [-0.3, -0.25) is 9.59 Å². The van der Waals surface area contributed by atoms with E-state index in [4.69, 9.17) is 0 Å². The average molecular weight is 756 g/mol. The normalized spacial score (nSPS) is 13.0. The van der Waals surface area contributed by atoms with Gasteiger partial charge in [0.25, 0.3) is 0 Å². The van der Waals surface area contributed by atoms with Crippen LogP contribution < -0.4 is 0 Å². The minimum absolute atomic E-state index is 0.410. The number of carbonyl (C=O) groups is 2. The molecule has 54 heavy (non-hydrogen) atoms. The second kappa shape index (κ2) is 33.3. The Bertz CT molecular complexity index is 956. The van der Waals surface area contributed by atoms with Gasteiger partial charge in [-0.15, -0.1) is 0 Å². The maximum Gasteiger partial charge on any atom is 0.306 e. The van der Waals surface area contributed by atoms with E-state index < -0.39 is 23.8 Å². The van der Waals surface area contributed by atoms with Crippen molar-refractivity contribution >= 4 is 11.9 Å². The van der Waals surface area contributed by atoms with E-state index in [0.717, 1.165) is 60.8 Å². The van der Waals surface area contributed by atoms with Crippen LogP contribution in [0.5, 0.6) is 0 Å². The van der Waals surface area contributed by atoms with Crippen LogP contribution in [-0.4, -0.2) is 41.1 Å². The largest absolute Gasteiger partial charge is 0.481 e. The third kappa shape index (κ3) is 26.1. The van der Waals surface area contributed by atoms with Gasteiger partial charge in [-0.05, 0) is 68.3 Å². The minimum atomic E-state index is -0.706. The van der Waals surface area contributed by atoms with E-state index in [1.54, 1.807) is 0 Å². The molecule has 0 aliphatic heterocycles. The van der Waals surface area contributed by atoms with Gasteiger partial charge in [0.15, 0.2) is 0 Å². The van der Waals surface area contributed by atoms with Gasteiger partial charge in [0.05, 0.1) is 11.8 Å². The molecule has 0 bridgehead atoms. The summed E-state index contributed by atoms with van der Waals surface area (Å²) in [7, 11) is 4.10. The lowest BCUT2D eigenvalue weighted by atomic mass is 9.86. The van der Waals surface area contributed by atoms with Crippen LogP contribution in [0.1, 0.15) is 224 Å². The summed E-state index contributed by atoms with van der Waals surface area (Å²) in [6, 6.07) is 6.45. The van der Waals surface area contributed by atoms with Gasteiger partial charge >= 0.3 is 11.9 Å². The Morgan fingerprint density at radius 2 is 0.722 bits per heavy atom. The Labute approximate surface area is 335 Å². The lowest BCUT2D eigenvalue weighted by molar-refractivity contribution is -0.142. The summed E-state index contributed by atoms with van der Waals surface area (Å²) in [5.74, 6) is -0.673. The van der Waals surface area contributed by atoms with Crippen LogP contribution in [0.4, 0.5) is 0 Å². The van der Waals surface area contributed by atoms with E-state index in [2.05, 4.69) is 50.8 Å². The molecule has 1 aromatic rings. The second-order valence-electron chi connectivity index (χ2n) is 17.6. The maximum absolute atomic E-state index is 12.5. The van der Waals surface area contributed by atoms with Gasteiger partial charge in [0.2, 0.25) is 0 Å². The highest BCUT2D eigenvalue weighted by Crippen LogP contribution is 2.28. The van der Waals surface area contributed by atoms with Crippen LogP contribution in [0.15, 0.2) is 18.2 Å². The highest BCUT2D eigenvalue weighted by Gasteiger charge is 2.22. The number of rotatable bonds is 38. The summed E-state index contributed by atoms with van der Waals surface area (Å²) in [5, 5.41) is 20.6. The summed E-state index contributed by atoms with van der Waals surface area (Å²) in [6.45, 7) is 9.85. The molecule has 0 heterocycles. The van der Waals surface area contributed by atoms with E-state index in [1.807, 2.05) is 14.1 Å². The summed E-state index contributed by atoms with van der Waals surface area (Å²) >= 11 is 0. The molecule has 0 radical (unpaired) electrons. The molecule has 5 nitrogen and oxygen atoms in total. The predicted octanol–water partition coefficient (Wildman–Crippen LogP) is 14.5. The van der Waals surface area contributed by atoms with Crippen molar-refractivity contribution in [1.29, 1.82) is 0 Å². The molecule has 0 aliphatic rings. The van der Waals surface area contributed by atoms with Crippen molar-refractivity contribution in [2.24, 2.45) is 23.7 Å². The topological polar surface area (TPSA) is 77.8 Å². The van der Waals surface area contributed by atoms with Gasteiger partial charge < -0.3 is 15.1 Å². The number of carboxylic acids is 2. The van der Waals surface area contributed by atoms with E-state index in [9.17, 15) is 19.8 Å². The van der Waals surface area contributed by atoms with Crippen LogP contribution in [0.2, 0.25) is 0 Å². The lowest BCUT2D eigenvalue weighted by Crippen LogP contribution is -2.19. The van der Waals surface area contributed by atoms with Gasteiger partial charge in [-0.25, -0.2) is 0 Å². The molecule has 0 fully saturated rings. The summed E-state index contributed by atoms with van der Waals surface area (Å²) < 4.78 is 0. The number of carboxylic acid groups (broad SMARTS) is 2. The molecule has 2 atom stereocenters. The van der Waals surface area contributed by atoms with Crippen molar-refractivity contribution in [2.75, 3.05) is 14.1 Å². The highest BCUT2D eigenvalue weighted by molar-refractivity contribution is 5.71. The Kier molecular flexibility index (Phi) is 30.9. The molecule has 2 N–H and O–H groups in total. The first-order valence-corrected chi connectivity index (χ1v) is 23.3. The number of aliphatic carboxylic acids is 2. The fourth-order valence-corrected chi connectivity index (χ4v) is 8.68. The molecular weight excluding hydrogens is 667 g/mol. The van der Waals surface area contributed by atoms with Crippen molar-refractivity contribution < 1.29 is 19.8 Å². The van der Waals surface area contributed by atoms with Gasteiger partial charge in [-0.2, -0.15) is 0 Å². The van der Waals surface area contributed by atoms with Gasteiger partial charge in [0.1, 0.15) is 0 Å². The maximum atomic E-state index is 12.5. The summed E-state index contributed by atoms with van der Waals surface area (Å²) in [5.41, 5.74) is 3.22. The highest BCUT2D eigenvalue weighted by atomic mass is 16.4. The predicted molar refractivity (Wildman–Crippen MR) is 232 cm³/mol. The first-order chi connectivity index (χ1) is 26.1. The zero-order valence-corrected chi connectivity index (χ0v) is 36.6. The first-order valence-electron chi connectivity index (χ1n) is 23.3. The molecule has 0 aromatic heterocycles. The van der Waals surface area contributed by atoms with E-state index in [1.165, 1.54) is 141 Å². The molecule has 2 unspecified atom stereocenters. The fraction of sp³-hybridized carbons (Fsp3) is 0.837. The first kappa shape index (κ1) is 50.1. The molecule has 5 heteroatoms. The van der Waals surface area contributed by atoms with Crippen molar-refractivity contribution in [3.63, 3.8) is 0 Å². The molecule has 1 aromatic carbocycles. The SMILES string of the molecule is CCCCCCC(CCCCCC)CCCCC(Cc1cc(CC(CCCCC(CCCCCC)CCCCCC)C(=O)O)cc(CN(C)C)c1)C(=O)O. The molecule has 0 amide bonds. The Balaban J connectivity index is 2.87. The van der Waals surface area contributed by atoms with Crippen molar-refractivity contribution in [1.82, 2.24) is 4.90 Å². The molecule has 0 aliphatic carbocycles. The smallest absolute Gasteiger partial charge is 0.306 e. The zero-order valence-electron chi connectivity index (χ0n) is 36.6. The molecule has 314 valence electrons. The van der Waals surface area contributed by atoms with E-state index in [0.29, 0.717) is 25.7 Å². The molecule has 0 saturated heterocycles. The van der Waals surface area contributed by atoms with Gasteiger partial charge in [0, 0.05) is 6.54 Å². The monoisotopic (exact) mass is 756 g/mol. The van der Waals surface area contributed by atoms with Crippen LogP contribution in [0.3, 0.4) is 0 Å². The Morgan fingerprint density at radius 3 is 1.00 bits per heavy atom. The standard InChI is InChI=1S/C49H89NO4/c1-7-11-15-19-27-41(28-20-16-12-8-2)31-23-25-33-46(48(51)52)38-43-35-44(37-45(36-43)40-50(5)6)39-47(49(53)54)34-26-24-32-42(29-21-17-13-9-3)30-22-18-14-10-4/h35-37,41-42,46-47H,7-34,38-40H2,1-6H3,(H,51,52)(H,53,54). The molecule has 0 saturated carbocycles. The van der Waals surface area contributed by atoms with Crippen molar-refractivity contribution in [3.8, 4) is 0 Å². The quantitative estimate of drug-likeness (QED) is 0.0657. The Morgan fingerprint density at radius 1 is 0.444 bits per heavy atom. The number of hydrogen-bond acceptors (Lipinski definition) is 3. The van der Waals surface area contributed by atoms with Crippen LogP contribution in [0, 0.1) is 23.7 Å². The average Bonchev–Trinajstić information content (AvgIpc) is 3.13. The number of nitrogens with zero attached hydrogens (tertiary/aromatic N) is 1. The molecule has 1 rings (SSSR count). The van der Waals surface area contributed by atoms with Crippen LogP contribution in [0.25, 0.3) is 0 Å². The van der Waals surface area contributed by atoms with E-state index in [-0.39, 0.29) is 0 Å². The molecule has 0 spiro atoms. The van der Waals surface area contributed by atoms with E-state index >= 15 is 0 Å². The lowest BCUT2D eigenvalue weighted by Gasteiger charge is -2.20.